The number of halogens is 1. The van der Waals surface area contributed by atoms with Gasteiger partial charge in [-0.05, 0) is 54.5 Å². The lowest BCUT2D eigenvalue weighted by atomic mass is 10.1. The number of piperazine rings is 1. The van der Waals surface area contributed by atoms with Crippen LogP contribution in [-0.4, -0.2) is 59.2 Å². The second-order valence-corrected chi connectivity index (χ2v) is 6.88. The monoisotopic (exact) mass is 412 g/mol. The maximum atomic E-state index is 13.5. The first-order valence-electron chi connectivity index (χ1n) is 9.52. The summed E-state index contributed by atoms with van der Waals surface area (Å²) in [6.45, 7) is 7.18. The van der Waals surface area contributed by atoms with Crippen LogP contribution < -0.4 is 0 Å². The van der Waals surface area contributed by atoms with Gasteiger partial charge in [-0.15, -0.1) is 0 Å². The number of carbonyl (C=O) groups is 3. The third kappa shape index (κ3) is 6.55. The number of rotatable bonds is 4. The molecule has 2 aromatic rings. The molecular weight excluding hydrogens is 387 g/mol. The molecule has 1 aliphatic rings. The fourth-order valence-electron chi connectivity index (χ4n) is 2.89. The van der Waals surface area contributed by atoms with Crippen molar-refractivity contribution in [3.63, 3.8) is 0 Å². The fourth-order valence-corrected chi connectivity index (χ4v) is 2.89. The lowest BCUT2D eigenvalue weighted by Crippen LogP contribution is -2.50. The van der Waals surface area contributed by atoms with Crippen molar-refractivity contribution in [3.8, 4) is 5.75 Å². The van der Waals surface area contributed by atoms with E-state index in [0.29, 0.717) is 42.9 Å². The normalized spacial score (nSPS) is 13.1. The van der Waals surface area contributed by atoms with Gasteiger partial charge < -0.3 is 14.9 Å². The number of aromatic hydroxyl groups is 1. The molecule has 0 radical (unpaired) electrons. The Morgan fingerprint density at radius 3 is 2.20 bits per heavy atom. The van der Waals surface area contributed by atoms with E-state index in [2.05, 4.69) is 6.58 Å². The number of nitrogens with zero attached hydrogens (tertiary/aromatic N) is 2. The van der Waals surface area contributed by atoms with Crippen molar-refractivity contribution in [1.82, 2.24) is 9.80 Å². The van der Waals surface area contributed by atoms with Crippen molar-refractivity contribution >= 4 is 18.1 Å². The van der Waals surface area contributed by atoms with Crippen molar-refractivity contribution in [2.24, 2.45) is 0 Å². The third-order valence-corrected chi connectivity index (χ3v) is 4.74. The Morgan fingerprint density at radius 2 is 1.67 bits per heavy atom. The van der Waals surface area contributed by atoms with Gasteiger partial charge in [-0.3, -0.25) is 14.4 Å². The number of benzene rings is 2. The van der Waals surface area contributed by atoms with Gasteiger partial charge in [0.05, 0.1) is 6.42 Å². The first kappa shape index (κ1) is 22.8. The first-order chi connectivity index (χ1) is 14.3. The molecule has 2 amide bonds. The minimum Gasteiger partial charge on any atom is -0.508 e. The summed E-state index contributed by atoms with van der Waals surface area (Å²) in [5, 5.41) is 8.74. The summed E-state index contributed by atoms with van der Waals surface area (Å²) in [4.78, 5) is 37.1. The Balaban J connectivity index is 0.000000297. The van der Waals surface area contributed by atoms with E-state index in [-0.39, 0.29) is 29.8 Å². The Labute approximate surface area is 175 Å². The molecule has 2 aromatic carbocycles. The van der Waals surface area contributed by atoms with Crippen LogP contribution in [0.3, 0.4) is 0 Å². The Kier molecular flexibility index (Phi) is 8.29. The standard InChI is InChI=1S/C16H19FN2O2.C7H6O2/c1-3-15(20)18-6-8-19(9-7-18)16(21)11-13-5-4-12(2)14(17)10-13;8-5-6-1-3-7(9)4-2-6/h3-5,10H,1,6-9,11H2,2H3;1-5,9H. The molecule has 0 unspecified atom stereocenters. The Bertz CT molecular complexity index is 904. The number of hydrogen-bond donors (Lipinski definition) is 1. The minimum absolute atomic E-state index is 0.0380. The summed E-state index contributed by atoms with van der Waals surface area (Å²) in [5.41, 5.74) is 1.82. The lowest BCUT2D eigenvalue weighted by molar-refractivity contribution is -0.136. The van der Waals surface area contributed by atoms with Crippen molar-refractivity contribution in [1.29, 1.82) is 0 Å². The van der Waals surface area contributed by atoms with Gasteiger partial charge in [-0.1, -0.05) is 18.7 Å². The summed E-state index contributed by atoms with van der Waals surface area (Å²) < 4.78 is 13.5. The molecular formula is C23H25FN2O4. The molecule has 0 atom stereocenters. The number of aldehydes is 1. The molecule has 0 saturated carbocycles. The van der Waals surface area contributed by atoms with Gasteiger partial charge in [0.15, 0.2) is 0 Å². The summed E-state index contributed by atoms with van der Waals surface area (Å²) in [6.07, 6.45) is 2.21. The summed E-state index contributed by atoms with van der Waals surface area (Å²) in [6, 6.07) is 10.9. The second-order valence-electron chi connectivity index (χ2n) is 6.88. The van der Waals surface area contributed by atoms with Crippen LogP contribution in [0.2, 0.25) is 0 Å². The van der Waals surface area contributed by atoms with Crippen molar-refractivity contribution < 1.29 is 23.9 Å². The highest BCUT2D eigenvalue weighted by atomic mass is 19.1. The van der Waals surface area contributed by atoms with E-state index >= 15 is 0 Å². The van der Waals surface area contributed by atoms with Crippen molar-refractivity contribution in [2.45, 2.75) is 13.3 Å². The highest BCUT2D eigenvalue weighted by Gasteiger charge is 2.22. The Morgan fingerprint density at radius 1 is 1.07 bits per heavy atom. The number of phenols is 1. The predicted molar refractivity (Wildman–Crippen MR) is 112 cm³/mol. The smallest absolute Gasteiger partial charge is 0.246 e. The average molecular weight is 412 g/mol. The zero-order chi connectivity index (χ0) is 22.1. The number of aryl methyl sites for hydroxylation is 1. The zero-order valence-corrected chi connectivity index (χ0v) is 16.9. The molecule has 1 aliphatic heterocycles. The topological polar surface area (TPSA) is 77.9 Å². The number of hydrogen-bond acceptors (Lipinski definition) is 4. The molecule has 30 heavy (non-hydrogen) atoms. The van der Waals surface area contributed by atoms with E-state index in [4.69, 9.17) is 5.11 Å². The van der Waals surface area contributed by atoms with Gasteiger partial charge in [0.25, 0.3) is 0 Å². The Hall–Kier alpha value is -3.48. The average Bonchev–Trinajstić information content (AvgIpc) is 2.77. The molecule has 0 bridgehead atoms. The van der Waals surface area contributed by atoms with E-state index in [9.17, 15) is 18.8 Å². The molecule has 158 valence electrons. The van der Waals surface area contributed by atoms with Crippen LogP contribution in [0.1, 0.15) is 21.5 Å². The molecule has 1 saturated heterocycles. The van der Waals surface area contributed by atoms with Gasteiger partial charge in [0.2, 0.25) is 11.8 Å². The van der Waals surface area contributed by atoms with Crippen LogP contribution in [0.15, 0.2) is 55.1 Å². The summed E-state index contributed by atoms with van der Waals surface area (Å²) in [5.74, 6) is -0.256. The largest absolute Gasteiger partial charge is 0.508 e. The highest BCUT2D eigenvalue weighted by molar-refractivity contribution is 5.87. The van der Waals surface area contributed by atoms with Gasteiger partial charge in [-0.2, -0.15) is 0 Å². The molecule has 1 N–H and O–H groups in total. The number of carbonyl (C=O) groups excluding carboxylic acids is 3. The molecule has 1 fully saturated rings. The van der Waals surface area contributed by atoms with Crippen LogP contribution in [0.25, 0.3) is 0 Å². The molecule has 0 aromatic heterocycles. The zero-order valence-electron chi connectivity index (χ0n) is 16.9. The third-order valence-electron chi connectivity index (χ3n) is 4.74. The van der Waals surface area contributed by atoms with Crippen LogP contribution in [0.5, 0.6) is 5.75 Å². The minimum atomic E-state index is -0.290. The molecule has 0 spiro atoms. The predicted octanol–water partition coefficient (Wildman–Crippen LogP) is 2.74. The van der Waals surface area contributed by atoms with Crippen LogP contribution >= 0.6 is 0 Å². The summed E-state index contributed by atoms with van der Waals surface area (Å²) >= 11 is 0. The van der Waals surface area contributed by atoms with Gasteiger partial charge in [0.1, 0.15) is 17.9 Å². The van der Waals surface area contributed by atoms with Crippen LogP contribution in [-0.2, 0) is 16.0 Å². The van der Waals surface area contributed by atoms with E-state index < -0.39 is 0 Å². The molecule has 1 heterocycles. The molecule has 7 heteroatoms. The van der Waals surface area contributed by atoms with Gasteiger partial charge in [-0.25, -0.2) is 4.39 Å². The molecule has 6 nitrogen and oxygen atoms in total. The maximum Gasteiger partial charge on any atom is 0.246 e. The quantitative estimate of drug-likeness (QED) is 0.619. The van der Waals surface area contributed by atoms with Crippen LogP contribution in [0.4, 0.5) is 4.39 Å². The highest BCUT2D eigenvalue weighted by Crippen LogP contribution is 2.12. The maximum absolute atomic E-state index is 13.5. The fraction of sp³-hybridized carbons (Fsp3) is 0.261. The number of phenolic OH excluding ortho intramolecular Hbond substituents is 1. The SMILES string of the molecule is C=CC(=O)N1CCN(C(=O)Cc2ccc(C)c(F)c2)CC1.O=Cc1ccc(O)cc1. The van der Waals surface area contributed by atoms with Crippen molar-refractivity contribution in [2.75, 3.05) is 26.2 Å². The second kappa shape index (κ2) is 10.9. The first-order valence-corrected chi connectivity index (χ1v) is 9.52. The van der Waals surface area contributed by atoms with E-state index in [0.717, 1.165) is 6.29 Å². The van der Waals surface area contributed by atoms with Crippen molar-refractivity contribution in [3.05, 3.63) is 77.6 Å². The number of amides is 2. The van der Waals surface area contributed by atoms with Gasteiger partial charge >= 0.3 is 0 Å². The van der Waals surface area contributed by atoms with Gasteiger partial charge in [0, 0.05) is 31.7 Å². The molecule has 3 rings (SSSR count). The lowest BCUT2D eigenvalue weighted by Gasteiger charge is -2.34. The van der Waals surface area contributed by atoms with E-state index in [1.54, 1.807) is 41.0 Å². The molecule has 0 aliphatic carbocycles. The van der Waals surface area contributed by atoms with E-state index in [1.165, 1.54) is 24.3 Å². The van der Waals surface area contributed by atoms with E-state index in [1.807, 2.05) is 0 Å². The summed E-state index contributed by atoms with van der Waals surface area (Å²) in [7, 11) is 0. The van der Waals surface area contributed by atoms with Crippen LogP contribution in [0, 0.1) is 12.7 Å².